The fraction of sp³-hybridized carbons (Fsp3) is 1.00. The molecular weight excluding hydrogens is 162 g/mol. The fourth-order valence-electron chi connectivity index (χ4n) is 2.73. The van der Waals surface area contributed by atoms with E-state index in [1.165, 1.54) is 12.8 Å². The van der Waals surface area contributed by atoms with Gasteiger partial charge in [-0.3, -0.25) is 0 Å². The van der Waals surface area contributed by atoms with Gasteiger partial charge in [0, 0.05) is 12.0 Å². The first-order valence-electron chi connectivity index (χ1n) is 5.40. The third-order valence-corrected chi connectivity index (χ3v) is 4.35. The highest BCUT2D eigenvalue weighted by Crippen LogP contribution is 2.59. The molecule has 2 saturated carbocycles. The normalized spacial score (nSPS) is 36.5. The van der Waals surface area contributed by atoms with Gasteiger partial charge >= 0.3 is 0 Å². The summed E-state index contributed by atoms with van der Waals surface area (Å²) in [5.41, 5.74) is 6.23. The third kappa shape index (κ3) is 1.31. The minimum Gasteiger partial charge on any atom is -0.392 e. The van der Waals surface area contributed by atoms with Crippen LogP contribution in [0.15, 0.2) is 0 Å². The first-order valence-corrected chi connectivity index (χ1v) is 5.40. The summed E-state index contributed by atoms with van der Waals surface area (Å²) < 4.78 is 0. The van der Waals surface area contributed by atoms with Crippen LogP contribution in [0, 0.1) is 16.7 Å². The summed E-state index contributed by atoms with van der Waals surface area (Å²) in [6.45, 7) is 5.15. The largest absolute Gasteiger partial charge is 0.392 e. The van der Waals surface area contributed by atoms with E-state index < -0.39 is 0 Å². The van der Waals surface area contributed by atoms with Crippen molar-refractivity contribution in [3.8, 4) is 0 Å². The van der Waals surface area contributed by atoms with E-state index in [2.05, 4.69) is 13.8 Å². The van der Waals surface area contributed by atoms with Crippen LogP contribution in [-0.4, -0.2) is 17.8 Å². The van der Waals surface area contributed by atoms with E-state index >= 15 is 0 Å². The molecule has 0 bridgehead atoms. The third-order valence-electron chi connectivity index (χ3n) is 4.35. The van der Waals surface area contributed by atoms with Gasteiger partial charge in [-0.2, -0.15) is 0 Å². The highest BCUT2D eigenvalue weighted by molar-refractivity contribution is 5.07. The molecule has 0 aromatic carbocycles. The molecule has 76 valence electrons. The molecule has 2 aliphatic carbocycles. The van der Waals surface area contributed by atoms with Gasteiger partial charge in [-0.25, -0.2) is 0 Å². The van der Waals surface area contributed by atoms with Crippen LogP contribution in [-0.2, 0) is 0 Å². The van der Waals surface area contributed by atoms with Gasteiger partial charge in [-0.15, -0.1) is 0 Å². The van der Waals surface area contributed by atoms with Gasteiger partial charge in [0.25, 0.3) is 0 Å². The van der Waals surface area contributed by atoms with E-state index in [9.17, 15) is 5.11 Å². The summed E-state index contributed by atoms with van der Waals surface area (Å²) in [6.07, 6.45) is 4.56. The summed E-state index contributed by atoms with van der Waals surface area (Å²) >= 11 is 0. The molecule has 0 aromatic rings. The second kappa shape index (κ2) is 2.71. The van der Waals surface area contributed by atoms with Crippen LogP contribution in [0.25, 0.3) is 0 Å². The Labute approximate surface area is 80.5 Å². The standard InChI is InChI=1S/C11H21NO/c1-10(2)6-8(10)9(13)11(7-12)4-3-5-11/h8-9,13H,3-7,12H2,1-2H3. The second-order valence-corrected chi connectivity index (χ2v) is 5.66. The van der Waals surface area contributed by atoms with E-state index in [1.807, 2.05) is 0 Å². The van der Waals surface area contributed by atoms with Gasteiger partial charge in [0.1, 0.15) is 0 Å². The first kappa shape index (κ1) is 9.47. The molecule has 0 aromatic heterocycles. The predicted octanol–water partition coefficient (Wildman–Crippen LogP) is 1.52. The molecule has 0 spiro atoms. The van der Waals surface area contributed by atoms with Crippen LogP contribution in [0.4, 0.5) is 0 Å². The number of nitrogens with two attached hydrogens (primary N) is 1. The van der Waals surface area contributed by atoms with Crippen LogP contribution >= 0.6 is 0 Å². The molecular formula is C11H21NO. The molecule has 13 heavy (non-hydrogen) atoms. The Morgan fingerprint density at radius 1 is 1.46 bits per heavy atom. The summed E-state index contributed by atoms with van der Waals surface area (Å²) in [6, 6.07) is 0. The summed E-state index contributed by atoms with van der Waals surface area (Å²) in [4.78, 5) is 0. The van der Waals surface area contributed by atoms with Crippen molar-refractivity contribution in [2.45, 2.75) is 45.6 Å². The first-order chi connectivity index (χ1) is 6.02. The smallest absolute Gasteiger partial charge is 0.0641 e. The van der Waals surface area contributed by atoms with Crippen LogP contribution < -0.4 is 5.73 Å². The lowest BCUT2D eigenvalue weighted by atomic mass is 9.63. The fourth-order valence-corrected chi connectivity index (χ4v) is 2.73. The molecule has 2 atom stereocenters. The summed E-state index contributed by atoms with van der Waals surface area (Å²) in [7, 11) is 0. The van der Waals surface area contributed by atoms with E-state index in [4.69, 9.17) is 5.73 Å². The van der Waals surface area contributed by atoms with Crippen molar-refractivity contribution in [3.05, 3.63) is 0 Å². The zero-order valence-electron chi connectivity index (χ0n) is 8.71. The molecule has 0 saturated heterocycles. The number of hydrogen-bond acceptors (Lipinski definition) is 2. The maximum absolute atomic E-state index is 10.2. The Hall–Kier alpha value is -0.0800. The molecule has 0 aliphatic heterocycles. The Balaban J connectivity index is 2.00. The number of aliphatic hydroxyl groups is 1. The second-order valence-electron chi connectivity index (χ2n) is 5.66. The van der Waals surface area contributed by atoms with Gasteiger partial charge in [-0.05, 0) is 30.6 Å². The monoisotopic (exact) mass is 183 g/mol. The molecule has 0 heterocycles. The summed E-state index contributed by atoms with van der Waals surface area (Å²) in [5, 5.41) is 10.2. The topological polar surface area (TPSA) is 46.2 Å². The van der Waals surface area contributed by atoms with Crippen molar-refractivity contribution in [2.24, 2.45) is 22.5 Å². The van der Waals surface area contributed by atoms with E-state index in [1.54, 1.807) is 0 Å². The molecule has 2 rings (SSSR count). The molecule has 0 amide bonds. The quantitative estimate of drug-likeness (QED) is 0.697. The molecule has 2 aliphatic rings. The van der Waals surface area contributed by atoms with Crippen LogP contribution in [0.5, 0.6) is 0 Å². The Morgan fingerprint density at radius 2 is 2.00 bits per heavy atom. The highest BCUT2D eigenvalue weighted by atomic mass is 16.3. The lowest BCUT2D eigenvalue weighted by Crippen LogP contribution is -2.48. The van der Waals surface area contributed by atoms with Crippen molar-refractivity contribution in [1.82, 2.24) is 0 Å². The zero-order valence-corrected chi connectivity index (χ0v) is 8.71. The minimum absolute atomic E-state index is 0.0957. The Morgan fingerprint density at radius 3 is 2.23 bits per heavy atom. The van der Waals surface area contributed by atoms with Crippen LogP contribution in [0.3, 0.4) is 0 Å². The van der Waals surface area contributed by atoms with E-state index in [-0.39, 0.29) is 11.5 Å². The maximum Gasteiger partial charge on any atom is 0.0641 e. The Kier molecular flexibility index (Phi) is 1.97. The van der Waals surface area contributed by atoms with Crippen molar-refractivity contribution >= 4 is 0 Å². The van der Waals surface area contributed by atoms with Gasteiger partial charge in [0.2, 0.25) is 0 Å². The Bertz CT molecular complexity index is 203. The molecule has 2 nitrogen and oxygen atoms in total. The van der Waals surface area contributed by atoms with Gasteiger partial charge in [-0.1, -0.05) is 20.3 Å². The predicted molar refractivity (Wildman–Crippen MR) is 53.2 cm³/mol. The molecule has 2 unspecified atom stereocenters. The highest BCUT2D eigenvalue weighted by Gasteiger charge is 2.57. The van der Waals surface area contributed by atoms with E-state index in [0.29, 0.717) is 17.9 Å². The number of rotatable bonds is 3. The van der Waals surface area contributed by atoms with Gasteiger partial charge < -0.3 is 10.8 Å². The van der Waals surface area contributed by atoms with Gasteiger partial charge in [0.15, 0.2) is 0 Å². The summed E-state index contributed by atoms with van der Waals surface area (Å²) in [5.74, 6) is 0.511. The number of aliphatic hydroxyl groups excluding tert-OH is 1. The van der Waals surface area contributed by atoms with Crippen molar-refractivity contribution in [1.29, 1.82) is 0 Å². The van der Waals surface area contributed by atoms with Crippen LogP contribution in [0.1, 0.15) is 39.5 Å². The van der Waals surface area contributed by atoms with Gasteiger partial charge in [0.05, 0.1) is 6.10 Å². The maximum atomic E-state index is 10.2. The average molecular weight is 183 g/mol. The average Bonchev–Trinajstić information content (AvgIpc) is 2.58. The molecule has 2 fully saturated rings. The van der Waals surface area contributed by atoms with Crippen molar-refractivity contribution in [2.75, 3.05) is 6.54 Å². The van der Waals surface area contributed by atoms with Crippen molar-refractivity contribution < 1.29 is 5.11 Å². The van der Waals surface area contributed by atoms with Crippen LogP contribution in [0.2, 0.25) is 0 Å². The molecule has 3 N–H and O–H groups in total. The SMILES string of the molecule is CC1(C)CC1C(O)C1(CN)CCC1. The number of hydrogen-bond donors (Lipinski definition) is 2. The lowest BCUT2D eigenvalue weighted by Gasteiger charge is -2.45. The minimum atomic E-state index is -0.138. The molecule has 2 heteroatoms. The van der Waals surface area contributed by atoms with E-state index in [0.717, 1.165) is 12.8 Å². The molecule has 0 radical (unpaired) electrons. The lowest BCUT2D eigenvalue weighted by molar-refractivity contribution is -0.0469. The van der Waals surface area contributed by atoms with Crippen molar-refractivity contribution in [3.63, 3.8) is 0 Å². The zero-order chi connectivity index (χ0) is 9.69.